The Balaban J connectivity index is 1.99. The van der Waals surface area contributed by atoms with Crippen molar-refractivity contribution in [2.24, 2.45) is 0 Å². The number of hydrogen-bond donors (Lipinski definition) is 3. The summed E-state index contributed by atoms with van der Waals surface area (Å²) >= 11 is 0. The maximum absolute atomic E-state index is 12.1. The van der Waals surface area contributed by atoms with Crippen molar-refractivity contribution in [1.82, 2.24) is 5.32 Å². The van der Waals surface area contributed by atoms with E-state index in [9.17, 15) is 14.7 Å². The summed E-state index contributed by atoms with van der Waals surface area (Å²) < 4.78 is 5.41. The van der Waals surface area contributed by atoms with E-state index in [2.05, 4.69) is 10.6 Å². The van der Waals surface area contributed by atoms with E-state index in [1.54, 1.807) is 39.0 Å². The molecule has 1 heterocycles. The van der Waals surface area contributed by atoms with Crippen molar-refractivity contribution in [1.29, 1.82) is 0 Å². The smallest absolute Gasteiger partial charge is 0.313 e. The van der Waals surface area contributed by atoms with Gasteiger partial charge in [0.2, 0.25) is 0 Å². The molecule has 6 nitrogen and oxygen atoms in total. The first-order valence-electron chi connectivity index (χ1n) is 8.21. The summed E-state index contributed by atoms with van der Waals surface area (Å²) in [5.74, 6) is -0.313. The summed E-state index contributed by atoms with van der Waals surface area (Å²) in [6.45, 7) is 6.96. The quantitative estimate of drug-likeness (QED) is 0.727. The lowest BCUT2D eigenvalue weighted by Gasteiger charge is -2.23. The first-order valence-corrected chi connectivity index (χ1v) is 8.21. The molecule has 0 saturated heterocycles. The summed E-state index contributed by atoms with van der Waals surface area (Å²) in [6.07, 6.45) is 0.742. The molecule has 2 aromatic rings. The molecule has 0 radical (unpaired) electrons. The summed E-state index contributed by atoms with van der Waals surface area (Å²) in [6, 6.07) is 9.03. The van der Waals surface area contributed by atoms with E-state index in [-0.39, 0.29) is 6.54 Å². The zero-order chi connectivity index (χ0) is 18.6. The average molecular weight is 344 g/mol. The molecular formula is C19H24N2O4. The zero-order valence-electron chi connectivity index (χ0n) is 15.0. The highest BCUT2D eigenvalue weighted by Crippen LogP contribution is 2.26. The maximum atomic E-state index is 12.1. The Morgan fingerprint density at radius 3 is 2.48 bits per heavy atom. The Kier molecular flexibility index (Phi) is 5.64. The third-order valence-corrected chi connectivity index (χ3v) is 4.07. The lowest BCUT2D eigenvalue weighted by atomic mass is 9.96. The molecule has 0 aliphatic rings. The van der Waals surface area contributed by atoms with E-state index in [1.165, 1.54) is 0 Å². The third-order valence-electron chi connectivity index (χ3n) is 4.07. The zero-order valence-corrected chi connectivity index (χ0v) is 15.0. The van der Waals surface area contributed by atoms with Gasteiger partial charge < -0.3 is 20.2 Å². The number of aryl methyl sites for hydroxylation is 3. The summed E-state index contributed by atoms with van der Waals surface area (Å²) in [5.41, 5.74) is 0.805. The Labute approximate surface area is 147 Å². The second-order valence-corrected chi connectivity index (χ2v) is 6.25. The Bertz CT molecular complexity index is 777. The number of para-hydroxylation sites is 1. The molecular weight excluding hydrogens is 320 g/mol. The topological polar surface area (TPSA) is 91.6 Å². The van der Waals surface area contributed by atoms with Crippen molar-refractivity contribution in [2.45, 2.75) is 39.7 Å². The molecule has 3 N–H and O–H groups in total. The van der Waals surface area contributed by atoms with Gasteiger partial charge in [-0.25, -0.2) is 0 Å². The monoisotopic (exact) mass is 344 g/mol. The van der Waals surface area contributed by atoms with Gasteiger partial charge in [-0.3, -0.25) is 9.59 Å². The lowest BCUT2D eigenvalue weighted by Crippen LogP contribution is -2.43. The van der Waals surface area contributed by atoms with Crippen LogP contribution in [-0.4, -0.2) is 23.5 Å². The minimum Gasteiger partial charge on any atom is -0.466 e. The maximum Gasteiger partial charge on any atom is 0.313 e. The van der Waals surface area contributed by atoms with Gasteiger partial charge in [-0.1, -0.05) is 25.1 Å². The fraction of sp³-hybridized carbons (Fsp3) is 0.368. The standard InChI is InChI=1S/C19H24N2O4/c1-5-14-8-6-7-9-16(14)21-18(23)17(22)20-11-19(4,24)15-10-12(2)25-13(15)3/h6-10,24H,5,11H2,1-4H3,(H,20,22)(H,21,23). The van der Waals surface area contributed by atoms with Crippen LogP contribution in [0.3, 0.4) is 0 Å². The number of nitrogens with one attached hydrogen (secondary N) is 2. The molecule has 0 aliphatic heterocycles. The molecule has 25 heavy (non-hydrogen) atoms. The minimum absolute atomic E-state index is 0.103. The highest BCUT2D eigenvalue weighted by molar-refractivity contribution is 6.39. The van der Waals surface area contributed by atoms with Crippen molar-refractivity contribution >= 4 is 17.5 Å². The minimum atomic E-state index is -1.33. The fourth-order valence-electron chi connectivity index (χ4n) is 2.72. The van der Waals surface area contributed by atoms with Crippen molar-refractivity contribution in [3.05, 3.63) is 53.0 Å². The van der Waals surface area contributed by atoms with Crippen LogP contribution in [-0.2, 0) is 21.6 Å². The number of carbonyl (C=O) groups excluding carboxylic acids is 2. The largest absolute Gasteiger partial charge is 0.466 e. The summed E-state index contributed by atoms with van der Waals surface area (Å²) in [7, 11) is 0. The van der Waals surface area contributed by atoms with Gasteiger partial charge in [0.15, 0.2) is 0 Å². The molecule has 0 saturated carbocycles. The molecule has 2 amide bonds. The van der Waals surface area contributed by atoms with Crippen molar-refractivity contribution in [3.63, 3.8) is 0 Å². The van der Waals surface area contributed by atoms with Gasteiger partial charge >= 0.3 is 11.8 Å². The van der Waals surface area contributed by atoms with Crippen molar-refractivity contribution in [3.8, 4) is 0 Å². The van der Waals surface area contributed by atoms with E-state index in [4.69, 9.17) is 4.42 Å². The number of aliphatic hydroxyl groups is 1. The van der Waals surface area contributed by atoms with Gasteiger partial charge in [0.1, 0.15) is 17.1 Å². The molecule has 0 spiro atoms. The number of anilines is 1. The van der Waals surface area contributed by atoms with E-state index in [1.807, 2.05) is 19.1 Å². The van der Waals surface area contributed by atoms with Crippen LogP contribution in [0.2, 0.25) is 0 Å². The Hall–Kier alpha value is -2.60. The first-order chi connectivity index (χ1) is 11.7. The molecule has 0 bridgehead atoms. The van der Waals surface area contributed by atoms with Gasteiger partial charge in [0.25, 0.3) is 0 Å². The number of rotatable bonds is 5. The number of furan rings is 1. The van der Waals surface area contributed by atoms with Crippen LogP contribution in [0.5, 0.6) is 0 Å². The van der Waals surface area contributed by atoms with Gasteiger partial charge in [-0.05, 0) is 44.9 Å². The van der Waals surface area contributed by atoms with E-state index in [0.29, 0.717) is 22.8 Å². The number of benzene rings is 1. The number of hydrogen-bond acceptors (Lipinski definition) is 4. The Morgan fingerprint density at radius 1 is 1.20 bits per heavy atom. The predicted molar refractivity (Wildman–Crippen MR) is 95.2 cm³/mol. The first kappa shape index (κ1) is 18.7. The molecule has 1 atom stereocenters. The summed E-state index contributed by atoms with van der Waals surface area (Å²) in [4.78, 5) is 24.1. The van der Waals surface area contributed by atoms with Crippen LogP contribution in [0.15, 0.2) is 34.7 Å². The third kappa shape index (κ3) is 4.48. The highest BCUT2D eigenvalue weighted by Gasteiger charge is 2.29. The van der Waals surface area contributed by atoms with Crippen LogP contribution < -0.4 is 10.6 Å². The van der Waals surface area contributed by atoms with E-state index < -0.39 is 17.4 Å². The second kappa shape index (κ2) is 7.53. The normalized spacial score (nSPS) is 13.2. The van der Waals surface area contributed by atoms with Crippen molar-refractivity contribution < 1.29 is 19.1 Å². The van der Waals surface area contributed by atoms with Gasteiger partial charge in [-0.2, -0.15) is 0 Å². The van der Waals surface area contributed by atoms with E-state index >= 15 is 0 Å². The molecule has 1 aromatic heterocycles. The molecule has 134 valence electrons. The Morgan fingerprint density at radius 2 is 1.88 bits per heavy atom. The van der Waals surface area contributed by atoms with Crippen LogP contribution in [0.4, 0.5) is 5.69 Å². The van der Waals surface area contributed by atoms with Gasteiger partial charge in [-0.15, -0.1) is 0 Å². The van der Waals surface area contributed by atoms with Crippen LogP contribution >= 0.6 is 0 Å². The molecule has 6 heteroatoms. The lowest BCUT2D eigenvalue weighted by molar-refractivity contribution is -0.136. The molecule has 2 rings (SSSR count). The van der Waals surface area contributed by atoms with E-state index in [0.717, 1.165) is 12.0 Å². The SMILES string of the molecule is CCc1ccccc1NC(=O)C(=O)NCC(C)(O)c1cc(C)oc1C. The van der Waals surface area contributed by atoms with Crippen LogP contribution in [0.25, 0.3) is 0 Å². The molecule has 0 fully saturated rings. The highest BCUT2D eigenvalue weighted by atomic mass is 16.3. The van der Waals surface area contributed by atoms with Crippen molar-refractivity contribution in [2.75, 3.05) is 11.9 Å². The van der Waals surface area contributed by atoms with Gasteiger partial charge in [0.05, 0.1) is 6.54 Å². The van der Waals surface area contributed by atoms with Gasteiger partial charge in [0, 0.05) is 11.3 Å². The molecule has 0 aliphatic carbocycles. The predicted octanol–water partition coefficient (Wildman–Crippen LogP) is 2.42. The van der Waals surface area contributed by atoms with Crippen LogP contribution in [0, 0.1) is 13.8 Å². The average Bonchev–Trinajstić information content (AvgIpc) is 2.92. The molecule has 1 unspecified atom stereocenters. The second-order valence-electron chi connectivity index (χ2n) is 6.25. The number of carbonyl (C=O) groups is 2. The fourth-order valence-corrected chi connectivity index (χ4v) is 2.72. The summed E-state index contributed by atoms with van der Waals surface area (Å²) in [5, 5.41) is 15.7. The van der Waals surface area contributed by atoms with Crippen LogP contribution in [0.1, 0.15) is 36.5 Å². The molecule has 1 aromatic carbocycles. The number of amides is 2.